The van der Waals surface area contributed by atoms with E-state index in [1.807, 2.05) is 0 Å². The van der Waals surface area contributed by atoms with Crippen LogP contribution in [0.15, 0.2) is 12.3 Å². The summed E-state index contributed by atoms with van der Waals surface area (Å²) in [4.78, 5) is 22.7. The molecule has 88 valence electrons. The van der Waals surface area contributed by atoms with Crippen LogP contribution < -0.4 is 0 Å². The number of aromatic carboxylic acids is 1. The van der Waals surface area contributed by atoms with E-state index >= 15 is 0 Å². The molecule has 2 aromatic rings. The van der Waals surface area contributed by atoms with E-state index in [0.29, 0.717) is 17.1 Å². The zero-order valence-electron chi connectivity index (χ0n) is 9.69. The summed E-state index contributed by atoms with van der Waals surface area (Å²) in [6.45, 7) is 4.35. The van der Waals surface area contributed by atoms with E-state index in [1.165, 1.54) is 12.3 Å². The van der Waals surface area contributed by atoms with Gasteiger partial charge in [-0.3, -0.25) is 0 Å². The zero-order chi connectivity index (χ0) is 12.2. The van der Waals surface area contributed by atoms with Gasteiger partial charge >= 0.3 is 5.97 Å². The minimum Gasteiger partial charge on any atom is -0.478 e. The molecule has 1 aliphatic rings. The maximum atomic E-state index is 11.1. The van der Waals surface area contributed by atoms with Crippen molar-refractivity contribution < 1.29 is 9.90 Å². The number of aromatic amines is 1. The molecule has 5 heteroatoms. The van der Waals surface area contributed by atoms with Crippen molar-refractivity contribution in [2.24, 2.45) is 5.41 Å². The highest BCUT2D eigenvalue weighted by molar-refractivity contribution is 5.99. The van der Waals surface area contributed by atoms with Gasteiger partial charge in [0.2, 0.25) is 0 Å². The summed E-state index contributed by atoms with van der Waals surface area (Å²) >= 11 is 0. The second kappa shape index (κ2) is 3.06. The maximum Gasteiger partial charge on any atom is 0.338 e. The third kappa shape index (κ3) is 1.50. The fraction of sp³-hybridized carbons (Fsp3) is 0.417. The van der Waals surface area contributed by atoms with Gasteiger partial charge in [0.1, 0.15) is 5.82 Å². The van der Waals surface area contributed by atoms with Gasteiger partial charge in [-0.15, -0.1) is 0 Å². The minimum atomic E-state index is -0.956. The van der Waals surface area contributed by atoms with Crippen molar-refractivity contribution in [1.29, 1.82) is 0 Å². The molecule has 1 atom stereocenters. The number of hydrogen-bond donors (Lipinski definition) is 2. The number of imidazole rings is 1. The monoisotopic (exact) mass is 231 g/mol. The molecule has 0 saturated heterocycles. The van der Waals surface area contributed by atoms with Gasteiger partial charge in [-0.05, 0) is 17.9 Å². The Hall–Kier alpha value is -1.91. The van der Waals surface area contributed by atoms with E-state index in [-0.39, 0.29) is 11.0 Å². The number of H-pyrrole nitrogens is 1. The van der Waals surface area contributed by atoms with E-state index in [0.717, 1.165) is 12.2 Å². The highest BCUT2D eigenvalue weighted by Crippen LogP contribution is 2.57. The quantitative estimate of drug-likeness (QED) is 0.830. The summed E-state index contributed by atoms with van der Waals surface area (Å²) in [7, 11) is 0. The van der Waals surface area contributed by atoms with E-state index in [1.54, 1.807) is 0 Å². The van der Waals surface area contributed by atoms with Crippen LogP contribution in [0.2, 0.25) is 0 Å². The summed E-state index contributed by atoms with van der Waals surface area (Å²) in [5.74, 6) is 0.284. The van der Waals surface area contributed by atoms with Gasteiger partial charge in [0.05, 0.1) is 11.1 Å². The number of rotatable bonds is 2. The highest BCUT2D eigenvalue weighted by Gasteiger charge is 2.48. The molecule has 2 aromatic heterocycles. The smallest absolute Gasteiger partial charge is 0.338 e. The Morgan fingerprint density at radius 2 is 2.29 bits per heavy atom. The second-order valence-corrected chi connectivity index (χ2v) is 5.23. The molecule has 0 spiro atoms. The van der Waals surface area contributed by atoms with Gasteiger partial charge in [0.15, 0.2) is 5.65 Å². The van der Waals surface area contributed by atoms with Crippen molar-refractivity contribution in [2.45, 2.75) is 26.2 Å². The van der Waals surface area contributed by atoms with Crippen LogP contribution in [0.4, 0.5) is 0 Å². The molecule has 1 fully saturated rings. The molecule has 1 aliphatic carbocycles. The average Bonchev–Trinajstić information content (AvgIpc) is 2.73. The number of pyridine rings is 1. The first-order chi connectivity index (χ1) is 7.99. The van der Waals surface area contributed by atoms with Crippen molar-refractivity contribution in [3.05, 3.63) is 23.7 Å². The summed E-state index contributed by atoms with van der Waals surface area (Å²) in [6.07, 6.45) is 2.56. The Bertz CT molecular complexity index is 615. The standard InChI is InChI=1S/C12H13N3O2/c1-12(2)5-7(12)9-14-8-6(11(16)17)3-4-13-10(8)15-9/h3-4,7H,5H2,1-2H3,(H,16,17)(H,13,14,15). The third-order valence-electron chi connectivity index (χ3n) is 3.48. The molecule has 2 heterocycles. The maximum absolute atomic E-state index is 11.1. The molecule has 3 rings (SSSR count). The van der Waals surface area contributed by atoms with Crippen molar-refractivity contribution >= 4 is 17.1 Å². The lowest BCUT2D eigenvalue weighted by Crippen LogP contribution is -1.98. The molecule has 1 unspecified atom stereocenters. The van der Waals surface area contributed by atoms with Crippen molar-refractivity contribution in [3.63, 3.8) is 0 Å². The van der Waals surface area contributed by atoms with E-state index in [4.69, 9.17) is 5.11 Å². The second-order valence-electron chi connectivity index (χ2n) is 5.23. The van der Waals surface area contributed by atoms with E-state index in [2.05, 4.69) is 28.8 Å². The normalized spacial score (nSPS) is 21.6. The Kier molecular flexibility index (Phi) is 1.85. The molecular formula is C12H13N3O2. The fourth-order valence-electron chi connectivity index (χ4n) is 2.21. The van der Waals surface area contributed by atoms with Gasteiger partial charge in [-0.1, -0.05) is 13.8 Å². The van der Waals surface area contributed by atoms with Crippen LogP contribution in [-0.2, 0) is 0 Å². The van der Waals surface area contributed by atoms with Gasteiger partial charge in [-0.2, -0.15) is 0 Å². The lowest BCUT2D eigenvalue weighted by Gasteiger charge is -1.98. The predicted molar refractivity (Wildman–Crippen MR) is 62.0 cm³/mol. The Labute approximate surface area is 97.9 Å². The number of hydrogen-bond acceptors (Lipinski definition) is 3. The number of carboxylic acid groups (broad SMARTS) is 1. The Morgan fingerprint density at radius 1 is 1.59 bits per heavy atom. The molecule has 2 N–H and O–H groups in total. The summed E-state index contributed by atoms with van der Waals surface area (Å²) < 4.78 is 0. The van der Waals surface area contributed by atoms with Crippen LogP contribution in [-0.4, -0.2) is 26.0 Å². The number of nitrogens with one attached hydrogen (secondary N) is 1. The zero-order valence-corrected chi connectivity index (χ0v) is 9.69. The Balaban J connectivity index is 2.13. The van der Waals surface area contributed by atoms with Gasteiger partial charge < -0.3 is 10.1 Å². The average molecular weight is 231 g/mol. The Morgan fingerprint density at radius 3 is 2.88 bits per heavy atom. The summed E-state index contributed by atoms with van der Waals surface area (Å²) in [5.41, 5.74) is 1.50. The van der Waals surface area contributed by atoms with E-state index in [9.17, 15) is 4.79 Å². The van der Waals surface area contributed by atoms with Crippen LogP contribution in [0.3, 0.4) is 0 Å². The SMILES string of the molecule is CC1(C)CC1c1nc2nccc(C(=O)O)c2[nH]1. The molecular weight excluding hydrogens is 218 g/mol. The topological polar surface area (TPSA) is 78.9 Å². The van der Waals surface area contributed by atoms with Crippen LogP contribution >= 0.6 is 0 Å². The third-order valence-corrected chi connectivity index (χ3v) is 3.48. The first-order valence-corrected chi connectivity index (χ1v) is 5.57. The molecule has 0 amide bonds. The van der Waals surface area contributed by atoms with Gasteiger partial charge in [0.25, 0.3) is 0 Å². The molecule has 1 saturated carbocycles. The van der Waals surface area contributed by atoms with Crippen LogP contribution in [0.25, 0.3) is 11.2 Å². The summed E-state index contributed by atoms with van der Waals surface area (Å²) in [6, 6.07) is 1.49. The summed E-state index contributed by atoms with van der Waals surface area (Å²) in [5, 5.41) is 9.07. The van der Waals surface area contributed by atoms with Crippen LogP contribution in [0.5, 0.6) is 0 Å². The first kappa shape index (κ1) is 10.3. The van der Waals surface area contributed by atoms with Gasteiger partial charge in [0, 0.05) is 12.1 Å². The fourth-order valence-corrected chi connectivity index (χ4v) is 2.21. The van der Waals surface area contributed by atoms with Gasteiger partial charge in [-0.25, -0.2) is 14.8 Å². The molecule has 0 aliphatic heterocycles. The number of nitrogens with zero attached hydrogens (tertiary/aromatic N) is 2. The van der Waals surface area contributed by atoms with E-state index < -0.39 is 5.97 Å². The van der Waals surface area contributed by atoms with Crippen LogP contribution in [0.1, 0.15) is 42.4 Å². The number of carboxylic acids is 1. The van der Waals surface area contributed by atoms with Crippen molar-refractivity contribution in [1.82, 2.24) is 15.0 Å². The molecule has 0 radical (unpaired) electrons. The number of carbonyl (C=O) groups is 1. The number of aromatic nitrogens is 3. The number of fused-ring (bicyclic) bond motifs is 1. The molecule has 0 bridgehead atoms. The van der Waals surface area contributed by atoms with Crippen molar-refractivity contribution in [3.8, 4) is 0 Å². The molecule has 5 nitrogen and oxygen atoms in total. The lowest BCUT2D eigenvalue weighted by atomic mass is 10.1. The van der Waals surface area contributed by atoms with Crippen molar-refractivity contribution in [2.75, 3.05) is 0 Å². The molecule has 0 aromatic carbocycles. The minimum absolute atomic E-state index is 0.229. The molecule has 17 heavy (non-hydrogen) atoms. The predicted octanol–water partition coefficient (Wildman–Crippen LogP) is 2.17. The first-order valence-electron chi connectivity index (χ1n) is 5.57. The largest absolute Gasteiger partial charge is 0.478 e. The van der Waals surface area contributed by atoms with Crippen LogP contribution in [0, 0.1) is 5.41 Å². The highest BCUT2D eigenvalue weighted by atomic mass is 16.4. The lowest BCUT2D eigenvalue weighted by molar-refractivity contribution is 0.0698.